The van der Waals surface area contributed by atoms with Gasteiger partial charge in [0.2, 0.25) is 15.9 Å². The predicted molar refractivity (Wildman–Crippen MR) is 106 cm³/mol. The van der Waals surface area contributed by atoms with E-state index in [1.807, 2.05) is 0 Å². The van der Waals surface area contributed by atoms with Gasteiger partial charge in [-0.25, -0.2) is 13.1 Å². The molecule has 1 atom stereocenters. The molecule has 0 spiro atoms. The van der Waals surface area contributed by atoms with E-state index in [2.05, 4.69) is 10.0 Å². The smallest absolute Gasteiger partial charge is 0.262 e. The maximum atomic E-state index is 12.4. The van der Waals surface area contributed by atoms with Gasteiger partial charge in [0.25, 0.3) is 11.8 Å². The number of sulfonamides is 1. The molecule has 29 heavy (non-hydrogen) atoms. The molecule has 10 heteroatoms. The number of hydrogen-bond donors (Lipinski definition) is 2. The Morgan fingerprint density at radius 1 is 1.00 bits per heavy atom. The number of nitrogens with zero attached hydrogens (tertiary/aromatic N) is 1. The lowest BCUT2D eigenvalue weighted by molar-refractivity contribution is -0.124. The average molecular weight is 436 g/mol. The number of nitrogens with one attached hydrogen (secondary N) is 2. The molecule has 0 saturated heterocycles. The van der Waals surface area contributed by atoms with E-state index >= 15 is 0 Å². The van der Waals surface area contributed by atoms with Gasteiger partial charge in [0.15, 0.2) is 0 Å². The molecule has 8 nitrogen and oxygen atoms in total. The highest BCUT2D eigenvalue weighted by atomic mass is 35.5. The zero-order chi connectivity index (χ0) is 21.2. The monoisotopic (exact) mass is 435 g/mol. The van der Waals surface area contributed by atoms with E-state index in [1.165, 1.54) is 43.3 Å². The summed E-state index contributed by atoms with van der Waals surface area (Å²) in [5.74, 6) is -1.63. The number of carbonyl (C=O) groups is 3. The summed E-state index contributed by atoms with van der Waals surface area (Å²) in [6, 6.07) is 11.0. The summed E-state index contributed by atoms with van der Waals surface area (Å²) in [6.45, 7) is 1.36. The van der Waals surface area contributed by atoms with Crippen LogP contribution in [0.4, 0.5) is 0 Å². The largest absolute Gasteiger partial charge is 0.353 e. The Labute approximate surface area is 172 Å². The van der Waals surface area contributed by atoms with Crippen LogP contribution in [0.2, 0.25) is 5.02 Å². The summed E-state index contributed by atoms with van der Waals surface area (Å²) < 4.78 is 26.7. The van der Waals surface area contributed by atoms with Crippen LogP contribution >= 0.6 is 11.6 Å². The van der Waals surface area contributed by atoms with Crippen molar-refractivity contribution < 1.29 is 22.8 Å². The maximum Gasteiger partial charge on any atom is 0.262 e. The van der Waals surface area contributed by atoms with E-state index in [-0.39, 0.29) is 29.1 Å². The van der Waals surface area contributed by atoms with Crippen molar-refractivity contribution in [1.29, 1.82) is 0 Å². The van der Waals surface area contributed by atoms with Gasteiger partial charge in [0.1, 0.15) is 6.04 Å². The first-order valence-electron chi connectivity index (χ1n) is 8.72. The first-order chi connectivity index (χ1) is 13.7. The molecule has 0 aromatic heterocycles. The average Bonchev–Trinajstić information content (AvgIpc) is 2.95. The molecule has 2 N–H and O–H groups in total. The fraction of sp³-hybridized carbons (Fsp3) is 0.211. The van der Waals surface area contributed by atoms with Crippen LogP contribution in [0.25, 0.3) is 0 Å². The third-order valence-electron chi connectivity index (χ3n) is 4.43. The molecule has 3 rings (SSSR count). The predicted octanol–water partition coefficient (Wildman–Crippen LogP) is 1.42. The number of carbonyl (C=O) groups excluding carboxylic acids is 3. The van der Waals surface area contributed by atoms with Crippen LogP contribution in [0.5, 0.6) is 0 Å². The molecule has 152 valence electrons. The number of rotatable bonds is 7. The molecule has 0 bridgehead atoms. The normalized spacial score (nSPS) is 14.6. The molecule has 1 heterocycles. The van der Waals surface area contributed by atoms with Crippen LogP contribution in [0, 0.1) is 0 Å². The molecule has 3 amide bonds. The summed E-state index contributed by atoms with van der Waals surface area (Å²) in [5.41, 5.74) is 0.515. The van der Waals surface area contributed by atoms with Crippen LogP contribution in [0.15, 0.2) is 53.4 Å². The summed E-state index contributed by atoms with van der Waals surface area (Å²) in [4.78, 5) is 38.1. The van der Waals surface area contributed by atoms with Gasteiger partial charge in [0, 0.05) is 18.1 Å². The molecule has 1 unspecified atom stereocenters. The fourth-order valence-electron chi connectivity index (χ4n) is 2.89. The van der Waals surface area contributed by atoms with E-state index in [0.29, 0.717) is 5.02 Å². The lowest BCUT2D eigenvalue weighted by atomic mass is 10.1. The van der Waals surface area contributed by atoms with Crippen LogP contribution in [0.1, 0.15) is 27.6 Å². The minimum Gasteiger partial charge on any atom is -0.353 e. The van der Waals surface area contributed by atoms with Crippen molar-refractivity contribution in [3.63, 3.8) is 0 Å². The van der Waals surface area contributed by atoms with Gasteiger partial charge in [-0.15, -0.1) is 0 Å². The first kappa shape index (κ1) is 21.0. The molecular weight excluding hydrogens is 418 g/mol. The van der Waals surface area contributed by atoms with Gasteiger partial charge in [-0.3, -0.25) is 19.3 Å². The van der Waals surface area contributed by atoms with Crippen molar-refractivity contribution in [2.45, 2.75) is 17.9 Å². The number of benzene rings is 2. The summed E-state index contributed by atoms with van der Waals surface area (Å²) in [6.07, 6.45) is 0. The van der Waals surface area contributed by atoms with Gasteiger partial charge < -0.3 is 5.32 Å². The molecule has 0 aliphatic carbocycles. The Morgan fingerprint density at radius 2 is 1.55 bits per heavy atom. The maximum absolute atomic E-state index is 12.4. The number of amides is 3. The zero-order valence-electron chi connectivity index (χ0n) is 15.4. The Balaban J connectivity index is 1.54. The summed E-state index contributed by atoms with van der Waals surface area (Å²) in [5, 5.41) is 2.94. The number of fused-ring (bicyclic) bond motifs is 1. The Bertz CT molecular complexity index is 1030. The third-order valence-corrected chi connectivity index (χ3v) is 6.16. The quantitative estimate of drug-likeness (QED) is 0.504. The van der Waals surface area contributed by atoms with E-state index in [9.17, 15) is 22.8 Å². The lowest BCUT2D eigenvalue weighted by Gasteiger charge is -2.21. The van der Waals surface area contributed by atoms with Crippen LogP contribution in [0.3, 0.4) is 0 Å². The minimum absolute atomic E-state index is 0.0147. The van der Waals surface area contributed by atoms with E-state index < -0.39 is 33.8 Å². The molecule has 1 aliphatic heterocycles. The Morgan fingerprint density at radius 3 is 2.10 bits per heavy atom. The van der Waals surface area contributed by atoms with Gasteiger partial charge in [-0.2, -0.15) is 0 Å². The minimum atomic E-state index is -3.74. The van der Waals surface area contributed by atoms with Crippen molar-refractivity contribution >= 4 is 39.3 Å². The highest BCUT2D eigenvalue weighted by Crippen LogP contribution is 2.24. The topological polar surface area (TPSA) is 113 Å². The molecular formula is C19H18ClN3O5S. The second-order valence-electron chi connectivity index (χ2n) is 6.34. The second kappa shape index (κ2) is 8.32. The molecule has 0 radical (unpaired) electrons. The molecule has 2 aromatic rings. The first-order valence-corrected chi connectivity index (χ1v) is 10.6. The molecule has 0 fully saturated rings. The molecule has 1 aliphatic rings. The van der Waals surface area contributed by atoms with E-state index in [4.69, 9.17) is 11.6 Å². The van der Waals surface area contributed by atoms with Crippen molar-refractivity contribution in [2.24, 2.45) is 0 Å². The van der Waals surface area contributed by atoms with Gasteiger partial charge in [-0.1, -0.05) is 23.7 Å². The highest BCUT2D eigenvalue weighted by molar-refractivity contribution is 7.89. The zero-order valence-corrected chi connectivity index (χ0v) is 17.0. The van der Waals surface area contributed by atoms with Crippen LogP contribution in [-0.4, -0.2) is 50.2 Å². The fourth-order valence-corrected chi connectivity index (χ4v) is 4.05. The van der Waals surface area contributed by atoms with Crippen LogP contribution in [-0.2, 0) is 14.8 Å². The van der Waals surface area contributed by atoms with E-state index in [1.54, 1.807) is 12.1 Å². The standard InChI is InChI=1S/C19H18ClN3O5S/c1-12(23-18(25)15-4-2-3-5-16(15)19(23)26)17(24)21-10-11-22-29(27,28)14-8-6-13(20)7-9-14/h2-9,12,22H,10-11H2,1H3,(H,21,24). The number of hydrogen-bond acceptors (Lipinski definition) is 5. The van der Waals surface area contributed by atoms with Crippen LogP contribution < -0.4 is 10.0 Å². The van der Waals surface area contributed by atoms with Crippen molar-refractivity contribution in [1.82, 2.24) is 14.9 Å². The second-order valence-corrected chi connectivity index (χ2v) is 8.55. The Hall–Kier alpha value is -2.75. The summed E-state index contributed by atoms with van der Waals surface area (Å²) in [7, 11) is -3.74. The van der Waals surface area contributed by atoms with Gasteiger partial charge in [-0.05, 0) is 43.3 Å². The lowest BCUT2D eigenvalue weighted by Crippen LogP contribution is -2.49. The van der Waals surface area contributed by atoms with E-state index in [0.717, 1.165) is 4.90 Å². The Kier molecular flexibility index (Phi) is 6.02. The SMILES string of the molecule is CC(C(=O)NCCNS(=O)(=O)c1ccc(Cl)cc1)N1C(=O)c2ccccc2C1=O. The molecule has 0 saturated carbocycles. The van der Waals surface area contributed by atoms with Gasteiger partial charge in [0.05, 0.1) is 16.0 Å². The highest BCUT2D eigenvalue weighted by Gasteiger charge is 2.40. The van der Waals surface area contributed by atoms with Crippen molar-refractivity contribution in [2.75, 3.05) is 13.1 Å². The molecule has 2 aromatic carbocycles. The third kappa shape index (κ3) is 4.31. The van der Waals surface area contributed by atoms with Crippen molar-refractivity contribution in [3.8, 4) is 0 Å². The number of imide groups is 1. The number of halogens is 1. The summed E-state index contributed by atoms with van der Waals surface area (Å²) >= 11 is 5.74. The van der Waals surface area contributed by atoms with Gasteiger partial charge >= 0.3 is 0 Å². The van der Waals surface area contributed by atoms with Crippen molar-refractivity contribution in [3.05, 3.63) is 64.7 Å².